The molecule has 0 unspecified atom stereocenters. The van der Waals surface area contributed by atoms with Gasteiger partial charge < -0.3 is 92.0 Å². The van der Waals surface area contributed by atoms with E-state index in [1.165, 1.54) is 11.0 Å². The molecule has 0 fully saturated rings. The topological polar surface area (TPSA) is 398 Å². The monoisotopic (exact) mass is 1400 g/mol. The second kappa shape index (κ2) is 38.0. The number of hydrogen-bond acceptors (Lipinski definition) is 17. The zero-order valence-corrected chi connectivity index (χ0v) is 61.4. The Morgan fingerprint density at radius 3 is 1.62 bits per heavy atom. The van der Waals surface area contributed by atoms with E-state index in [0.717, 1.165) is 0 Å². The molecule has 3 rings (SSSR count). The quantitative estimate of drug-likeness (QED) is 0.0296. The van der Waals surface area contributed by atoms with E-state index in [1.54, 1.807) is 149 Å². The van der Waals surface area contributed by atoms with Gasteiger partial charge in [-0.15, -0.1) is 0 Å². The molecule has 11 amide bonds. The summed E-state index contributed by atoms with van der Waals surface area (Å²) in [5.41, 5.74) is -2.82. The summed E-state index contributed by atoms with van der Waals surface area (Å²) in [6.45, 7) is 30.6. The fourth-order valence-electron chi connectivity index (χ4n) is 10.2. The summed E-state index contributed by atoms with van der Waals surface area (Å²) < 4.78 is 27.2. The molecule has 99 heavy (non-hydrogen) atoms. The lowest BCUT2D eigenvalue weighted by molar-refractivity contribution is -0.131. The van der Waals surface area contributed by atoms with E-state index in [9.17, 15) is 63.0 Å². The van der Waals surface area contributed by atoms with Gasteiger partial charge in [-0.1, -0.05) is 30.3 Å². The number of phenolic OH excluding ortho intramolecular Hbond substituents is 1. The van der Waals surface area contributed by atoms with Crippen LogP contribution in [0.4, 0.5) is 28.8 Å². The number of nitrogens with one attached hydrogen (secondary N) is 10. The second-order valence-electron chi connectivity index (χ2n) is 30.8. The molecular formula is C70H113N11O18. The zero-order chi connectivity index (χ0) is 74.9. The van der Waals surface area contributed by atoms with Gasteiger partial charge in [-0.25, -0.2) is 28.8 Å². The number of aromatic hydroxyl groups is 1. The van der Waals surface area contributed by atoms with Gasteiger partial charge in [-0.3, -0.25) is 24.0 Å². The van der Waals surface area contributed by atoms with E-state index in [2.05, 4.69) is 53.2 Å². The summed E-state index contributed by atoms with van der Waals surface area (Å²) in [5, 5.41) is 49.0. The van der Waals surface area contributed by atoms with E-state index < -0.39 is 142 Å². The Labute approximate surface area is 583 Å². The highest BCUT2D eigenvalue weighted by molar-refractivity contribution is 5.92. The van der Waals surface area contributed by atoms with E-state index in [4.69, 9.17) is 23.7 Å². The molecule has 1 heterocycles. The maximum atomic E-state index is 14.8. The highest BCUT2D eigenvalue weighted by atomic mass is 16.6. The van der Waals surface area contributed by atoms with Gasteiger partial charge in [0, 0.05) is 75.7 Å². The van der Waals surface area contributed by atoms with Gasteiger partial charge in [0.15, 0.2) is 0 Å². The van der Waals surface area contributed by atoms with Gasteiger partial charge >= 0.3 is 36.6 Å². The van der Waals surface area contributed by atoms with Crippen molar-refractivity contribution in [1.82, 2.24) is 58.1 Å². The van der Waals surface area contributed by atoms with Gasteiger partial charge in [-0.05, 0) is 217 Å². The Bertz CT molecular complexity index is 3060. The summed E-state index contributed by atoms with van der Waals surface area (Å²) in [5.74, 6) is -3.59. The average Bonchev–Trinajstić information content (AvgIpc) is 1.69. The third-order valence-corrected chi connectivity index (χ3v) is 14.4. The molecule has 29 nitrogen and oxygen atoms in total. The number of benzene rings is 2. The molecule has 29 heteroatoms. The molecule has 4 bridgehead atoms. The van der Waals surface area contributed by atoms with Crippen LogP contribution < -0.4 is 53.2 Å². The third-order valence-electron chi connectivity index (χ3n) is 14.4. The maximum Gasteiger partial charge on any atom is 0.408 e. The molecule has 0 aromatic heterocycles. The number of amides is 11. The van der Waals surface area contributed by atoms with E-state index in [-0.39, 0.29) is 102 Å². The molecule has 0 aliphatic carbocycles. The first-order valence-corrected chi connectivity index (χ1v) is 33.9. The van der Waals surface area contributed by atoms with Crippen LogP contribution in [-0.2, 0) is 60.5 Å². The van der Waals surface area contributed by atoms with Crippen LogP contribution in [0.2, 0.25) is 0 Å². The van der Waals surface area contributed by atoms with Crippen molar-refractivity contribution < 1.29 is 86.6 Å². The normalized spacial score (nSPS) is 16.3. The summed E-state index contributed by atoms with van der Waals surface area (Å²) in [6.07, 6.45) is -4.82. The van der Waals surface area contributed by atoms with Crippen LogP contribution in [0.25, 0.3) is 11.1 Å². The van der Waals surface area contributed by atoms with Gasteiger partial charge in [0.05, 0.1) is 0 Å². The van der Waals surface area contributed by atoms with Crippen LogP contribution in [0.3, 0.4) is 0 Å². The summed E-state index contributed by atoms with van der Waals surface area (Å²) in [4.78, 5) is 150. The lowest BCUT2D eigenvalue weighted by Crippen LogP contribution is -2.56. The highest BCUT2D eigenvalue weighted by Gasteiger charge is 2.34. The highest BCUT2D eigenvalue weighted by Crippen LogP contribution is 2.29. The number of fused-ring (bicyclic) bond motifs is 5. The third kappa shape index (κ3) is 36.0. The molecule has 0 saturated heterocycles. The van der Waals surface area contributed by atoms with Crippen molar-refractivity contribution in [2.45, 2.75) is 271 Å². The van der Waals surface area contributed by atoms with Crippen LogP contribution >= 0.6 is 0 Å². The average molecular weight is 1400 g/mol. The van der Waals surface area contributed by atoms with Crippen LogP contribution in [-0.4, -0.2) is 184 Å². The summed E-state index contributed by atoms with van der Waals surface area (Å²) >= 11 is 0. The number of nitrogens with zero attached hydrogens (tertiary/aromatic N) is 1. The Balaban J connectivity index is 1.98. The molecule has 1 aliphatic heterocycles. The minimum absolute atomic E-state index is 0.0111. The predicted molar refractivity (Wildman–Crippen MR) is 371 cm³/mol. The molecule has 2 aromatic rings. The standard InChI is InChI=1S/C70H113N11O18/c1-65(2,3)81(64(93)94)35-23-29-50(56(85)71-32-20-26-47(76-61(90)97-68(10,11)12)40-54(83)74-42-48(77-62(91)98-69(13,14)15)27-21-33-72-59(88)95-66(4,5)6)78-55(84)41-49-37-43-24-19-25-44(36-43)45-30-31-53(82)46(38-45)39-52(80-63(92)99-70(16,17)18)58(87)79-51(57(86)75-49)28-22-34-73-60(89)96-67(7,8)9/h19,24-25,30-31,36,38,47-52,82H,20-23,26-29,32-35,37,39-42H2,1-18H3,(H,71,85)(H,72,88)(H,73,89)(H,74,83)(H,75,86)(H,76,90)(H,77,91)(H,78,84)(H,79,87)(H,80,92)(H,93,94)/t47-,48-,49-,50-,51-,52-/m0/s1. The smallest absolute Gasteiger partial charge is 0.408 e. The number of carbonyl (C=O) groups is 11. The van der Waals surface area contributed by atoms with Crippen molar-refractivity contribution in [3.63, 3.8) is 0 Å². The van der Waals surface area contributed by atoms with Crippen molar-refractivity contribution in [3.05, 3.63) is 53.6 Å². The first kappa shape index (κ1) is 84.4. The largest absolute Gasteiger partial charge is 0.508 e. The Morgan fingerprint density at radius 2 is 1.06 bits per heavy atom. The molecule has 1 aliphatic rings. The molecule has 2 aromatic carbocycles. The van der Waals surface area contributed by atoms with Gasteiger partial charge in [0.25, 0.3) is 0 Å². The van der Waals surface area contributed by atoms with E-state index in [1.807, 2.05) is 12.1 Å². The van der Waals surface area contributed by atoms with Crippen molar-refractivity contribution in [3.8, 4) is 16.9 Å². The fraction of sp³-hybridized carbons (Fsp3) is 0.671. The molecular weight excluding hydrogens is 1280 g/mol. The molecule has 556 valence electrons. The number of ether oxygens (including phenoxy) is 5. The van der Waals surface area contributed by atoms with Gasteiger partial charge in [0.1, 0.15) is 51.9 Å². The van der Waals surface area contributed by atoms with E-state index >= 15 is 0 Å². The predicted octanol–water partition coefficient (Wildman–Crippen LogP) is 8.25. The Morgan fingerprint density at radius 1 is 0.545 bits per heavy atom. The fourth-order valence-corrected chi connectivity index (χ4v) is 10.2. The van der Waals surface area contributed by atoms with Gasteiger partial charge in [0.2, 0.25) is 29.5 Å². The second-order valence-corrected chi connectivity index (χ2v) is 30.8. The Hall–Kier alpha value is -8.79. The lowest BCUT2D eigenvalue weighted by Gasteiger charge is -2.33. The van der Waals surface area contributed by atoms with Crippen molar-refractivity contribution in [2.75, 3.05) is 32.7 Å². The number of rotatable bonds is 27. The number of hydrogen-bond donors (Lipinski definition) is 12. The van der Waals surface area contributed by atoms with Crippen molar-refractivity contribution in [1.29, 1.82) is 0 Å². The minimum atomic E-state index is -1.41. The molecule has 0 radical (unpaired) electrons. The first-order valence-electron chi connectivity index (χ1n) is 33.9. The van der Waals surface area contributed by atoms with Crippen molar-refractivity contribution in [2.24, 2.45) is 0 Å². The SMILES string of the molecule is CC(C)(C)OC(=O)NCCC[C@@H](CNC(=O)C[C@H](CCCNC(=O)[C@H](CCCN(C(=O)O)C(C)(C)C)NC(=O)C[C@@H]1Cc2cccc(c2)-c2ccc(O)c(c2)C[C@H](NC(=O)OC(C)(C)C)C(=O)N[C@@H](CCCNC(=O)OC(C)(C)C)C(=O)N1)NC(=O)OC(C)(C)C)NC(=O)OC(C)(C)C. The summed E-state index contributed by atoms with van der Waals surface area (Å²) in [7, 11) is 0. The molecule has 6 atom stereocenters. The first-order chi connectivity index (χ1) is 45.6. The number of alkyl carbamates (subject to hydrolysis) is 5. The molecule has 12 N–H and O–H groups in total. The molecule has 0 saturated carbocycles. The van der Waals surface area contributed by atoms with Crippen LogP contribution in [0.5, 0.6) is 5.75 Å². The van der Waals surface area contributed by atoms with E-state index in [0.29, 0.717) is 29.5 Å². The van der Waals surface area contributed by atoms with Crippen LogP contribution in [0.15, 0.2) is 42.5 Å². The lowest BCUT2D eigenvalue weighted by atomic mass is 9.95. The van der Waals surface area contributed by atoms with Crippen LogP contribution in [0, 0.1) is 0 Å². The number of phenols is 1. The van der Waals surface area contributed by atoms with Crippen LogP contribution in [0.1, 0.15) is 200 Å². The zero-order valence-electron chi connectivity index (χ0n) is 61.4. The number of carboxylic acid groups (broad SMARTS) is 1. The minimum Gasteiger partial charge on any atom is -0.508 e. The van der Waals surface area contributed by atoms with Crippen molar-refractivity contribution >= 4 is 66.1 Å². The number of carbonyl (C=O) groups excluding carboxylic acids is 10. The Kier molecular flexibility index (Phi) is 32.4. The molecule has 0 spiro atoms. The maximum absolute atomic E-state index is 14.8. The van der Waals surface area contributed by atoms with Gasteiger partial charge in [-0.2, -0.15) is 0 Å². The summed E-state index contributed by atoms with van der Waals surface area (Å²) in [6, 6.07) is 5.48.